The Morgan fingerprint density at radius 3 is 2.74 bits per heavy atom. The molecule has 1 fully saturated rings. The number of hydrogen-bond acceptors (Lipinski definition) is 2. The summed E-state index contributed by atoms with van der Waals surface area (Å²) >= 11 is 0. The molecule has 0 saturated heterocycles. The summed E-state index contributed by atoms with van der Waals surface area (Å²) in [5.74, 6) is 1.75. The van der Waals surface area contributed by atoms with Crippen LogP contribution in [0.3, 0.4) is 0 Å². The Kier molecular flexibility index (Phi) is 3.30. The fraction of sp³-hybridized carbons (Fsp3) is 0.647. The minimum Gasteiger partial charge on any atom is -0.487 e. The zero-order valence-electron chi connectivity index (χ0n) is 12.0. The molecule has 0 amide bonds. The van der Waals surface area contributed by atoms with Gasteiger partial charge in [-0.15, -0.1) is 0 Å². The molecule has 1 atom stereocenters. The molecule has 1 aliphatic heterocycles. The van der Waals surface area contributed by atoms with Gasteiger partial charge in [-0.3, -0.25) is 0 Å². The van der Waals surface area contributed by atoms with Gasteiger partial charge >= 0.3 is 0 Å². The fourth-order valence-electron chi connectivity index (χ4n) is 3.68. The highest BCUT2D eigenvalue weighted by atomic mass is 16.5. The molecule has 2 heteroatoms. The maximum Gasteiger partial charge on any atom is 0.125 e. The van der Waals surface area contributed by atoms with E-state index in [1.54, 1.807) is 0 Å². The summed E-state index contributed by atoms with van der Waals surface area (Å²) < 4.78 is 6.32. The van der Waals surface area contributed by atoms with Gasteiger partial charge in [0.15, 0.2) is 0 Å². The van der Waals surface area contributed by atoms with Crippen molar-refractivity contribution in [2.45, 2.75) is 64.1 Å². The summed E-state index contributed by atoms with van der Waals surface area (Å²) in [7, 11) is 0. The van der Waals surface area contributed by atoms with E-state index in [9.17, 15) is 5.11 Å². The molecule has 2 nitrogen and oxygen atoms in total. The zero-order valence-corrected chi connectivity index (χ0v) is 12.0. The van der Waals surface area contributed by atoms with Crippen molar-refractivity contribution >= 4 is 0 Å². The molecular formula is C17H24O2. The van der Waals surface area contributed by atoms with Gasteiger partial charge in [-0.1, -0.05) is 25.0 Å². The number of ether oxygens (including phenoxy) is 1. The monoisotopic (exact) mass is 260 g/mol. The van der Waals surface area contributed by atoms with Gasteiger partial charge in [-0.25, -0.2) is 0 Å². The van der Waals surface area contributed by atoms with E-state index in [0.29, 0.717) is 0 Å². The third kappa shape index (κ3) is 2.38. The lowest BCUT2D eigenvalue weighted by atomic mass is 9.73. The molecule has 1 saturated carbocycles. The molecular weight excluding hydrogens is 236 g/mol. The smallest absolute Gasteiger partial charge is 0.125 e. The Balaban J connectivity index is 1.83. The van der Waals surface area contributed by atoms with Crippen molar-refractivity contribution in [3.05, 3.63) is 29.3 Å². The number of aryl methyl sites for hydroxylation is 1. The summed E-state index contributed by atoms with van der Waals surface area (Å²) in [6, 6.07) is 6.16. The summed E-state index contributed by atoms with van der Waals surface area (Å²) in [4.78, 5) is 0. The van der Waals surface area contributed by atoms with Gasteiger partial charge < -0.3 is 9.84 Å². The van der Waals surface area contributed by atoms with E-state index in [2.05, 4.69) is 26.0 Å². The number of hydrogen-bond donors (Lipinski definition) is 1. The van der Waals surface area contributed by atoms with Gasteiger partial charge in [0.25, 0.3) is 0 Å². The average Bonchev–Trinajstić information content (AvgIpc) is 2.41. The highest BCUT2D eigenvalue weighted by molar-refractivity contribution is 5.41. The van der Waals surface area contributed by atoms with Crippen LogP contribution in [0.2, 0.25) is 0 Å². The van der Waals surface area contributed by atoms with Crippen LogP contribution in [-0.2, 0) is 0 Å². The van der Waals surface area contributed by atoms with Crippen molar-refractivity contribution in [2.75, 3.05) is 0 Å². The van der Waals surface area contributed by atoms with Crippen LogP contribution in [0.5, 0.6) is 5.75 Å². The van der Waals surface area contributed by atoms with Crippen molar-refractivity contribution in [3.8, 4) is 5.75 Å². The van der Waals surface area contributed by atoms with Crippen LogP contribution >= 0.6 is 0 Å². The van der Waals surface area contributed by atoms with Crippen LogP contribution in [-0.4, -0.2) is 10.7 Å². The molecule has 2 aliphatic rings. The first kappa shape index (κ1) is 13.0. The molecule has 1 N–H and O–H groups in total. The lowest BCUT2D eigenvalue weighted by Gasteiger charge is -2.45. The number of benzene rings is 1. The van der Waals surface area contributed by atoms with Gasteiger partial charge in [0, 0.05) is 12.0 Å². The quantitative estimate of drug-likeness (QED) is 0.822. The third-order valence-electron chi connectivity index (χ3n) is 5.01. The molecule has 1 aromatic rings. The SMILES string of the molecule is CCC1CCC2(CC1)C[C@H](O)c1cc(C)ccc1O2. The van der Waals surface area contributed by atoms with E-state index >= 15 is 0 Å². The van der Waals surface area contributed by atoms with Crippen molar-refractivity contribution in [1.82, 2.24) is 0 Å². The lowest BCUT2D eigenvalue weighted by Crippen LogP contribution is -2.44. The van der Waals surface area contributed by atoms with Crippen molar-refractivity contribution in [1.29, 1.82) is 0 Å². The van der Waals surface area contributed by atoms with E-state index in [0.717, 1.165) is 36.5 Å². The first-order valence-electron chi connectivity index (χ1n) is 7.59. The van der Waals surface area contributed by atoms with Crippen LogP contribution in [0, 0.1) is 12.8 Å². The molecule has 1 spiro atoms. The molecule has 3 rings (SSSR count). The highest BCUT2D eigenvalue weighted by Crippen LogP contribution is 2.47. The molecule has 1 aromatic carbocycles. The maximum atomic E-state index is 10.4. The van der Waals surface area contributed by atoms with Crippen LogP contribution < -0.4 is 4.74 Å². The van der Waals surface area contributed by atoms with Crippen LogP contribution in [0.15, 0.2) is 18.2 Å². The van der Waals surface area contributed by atoms with Gasteiger partial charge in [0.05, 0.1) is 6.10 Å². The first-order valence-corrected chi connectivity index (χ1v) is 7.59. The van der Waals surface area contributed by atoms with Gasteiger partial charge in [0.1, 0.15) is 11.4 Å². The second kappa shape index (κ2) is 4.82. The van der Waals surface area contributed by atoms with Crippen LogP contribution in [0.1, 0.15) is 62.7 Å². The van der Waals surface area contributed by atoms with E-state index in [1.165, 1.54) is 24.8 Å². The third-order valence-corrected chi connectivity index (χ3v) is 5.01. The van der Waals surface area contributed by atoms with E-state index in [4.69, 9.17) is 4.74 Å². The maximum absolute atomic E-state index is 10.4. The number of rotatable bonds is 1. The number of aliphatic hydroxyl groups is 1. The molecule has 0 unspecified atom stereocenters. The van der Waals surface area contributed by atoms with Gasteiger partial charge in [-0.05, 0) is 50.7 Å². The second-order valence-corrected chi connectivity index (χ2v) is 6.40. The predicted octanol–water partition coefficient (Wildman–Crippen LogP) is 4.15. The van der Waals surface area contributed by atoms with E-state index in [-0.39, 0.29) is 11.7 Å². The minimum atomic E-state index is -0.359. The number of aliphatic hydroxyl groups excluding tert-OH is 1. The van der Waals surface area contributed by atoms with Crippen molar-refractivity contribution in [3.63, 3.8) is 0 Å². The second-order valence-electron chi connectivity index (χ2n) is 6.40. The highest BCUT2D eigenvalue weighted by Gasteiger charge is 2.42. The van der Waals surface area contributed by atoms with Crippen LogP contribution in [0.25, 0.3) is 0 Å². The summed E-state index contributed by atoms with van der Waals surface area (Å²) in [5.41, 5.74) is 2.06. The molecule has 1 heterocycles. The molecule has 0 bridgehead atoms. The molecule has 104 valence electrons. The Hall–Kier alpha value is -1.02. The van der Waals surface area contributed by atoms with Crippen molar-refractivity contribution < 1.29 is 9.84 Å². The van der Waals surface area contributed by atoms with Gasteiger partial charge in [-0.2, -0.15) is 0 Å². The summed E-state index contributed by atoms with van der Waals surface area (Å²) in [6.07, 6.45) is 6.34. The lowest BCUT2D eigenvalue weighted by molar-refractivity contribution is -0.0470. The zero-order chi connectivity index (χ0) is 13.5. The average molecular weight is 260 g/mol. The molecule has 19 heavy (non-hydrogen) atoms. The molecule has 1 aliphatic carbocycles. The number of fused-ring (bicyclic) bond motifs is 1. The Morgan fingerprint density at radius 1 is 1.32 bits per heavy atom. The van der Waals surface area contributed by atoms with E-state index < -0.39 is 0 Å². The molecule has 0 aromatic heterocycles. The summed E-state index contributed by atoms with van der Waals surface area (Å²) in [6.45, 7) is 4.33. The first-order chi connectivity index (χ1) is 9.12. The largest absolute Gasteiger partial charge is 0.487 e. The Bertz CT molecular complexity index is 458. The standard InChI is InChI=1S/C17H24O2/c1-3-13-6-8-17(9-7-13)11-15(18)14-10-12(2)4-5-16(14)19-17/h4-5,10,13,15,18H,3,6-9,11H2,1-2H3/t13?,15-,17?/m0/s1. The minimum absolute atomic E-state index is 0.104. The van der Waals surface area contributed by atoms with Gasteiger partial charge in [0.2, 0.25) is 0 Å². The molecule has 0 radical (unpaired) electrons. The fourth-order valence-corrected chi connectivity index (χ4v) is 3.68. The van der Waals surface area contributed by atoms with Crippen LogP contribution in [0.4, 0.5) is 0 Å². The predicted molar refractivity (Wildman–Crippen MR) is 76.4 cm³/mol. The summed E-state index contributed by atoms with van der Waals surface area (Å²) in [5, 5.41) is 10.4. The Labute approximate surface area is 115 Å². The Morgan fingerprint density at radius 2 is 2.05 bits per heavy atom. The van der Waals surface area contributed by atoms with E-state index in [1.807, 2.05) is 6.07 Å². The topological polar surface area (TPSA) is 29.5 Å². The normalized spacial score (nSPS) is 33.8. The van der Waals surface area contributed by atoms with Crippen molar-refractivity contribution in [2.24, 2.45) is 5.92 Å².